The summed E-state index contributed by atoms with van der Waals surface area (Å²) < 4.78 is 12.7. The van der Waals surface area contributed by atoms with Gasteiger partial charge in [-0.3, -0.25) is 0 Å². The van der Waals surface area contributed by atoms with Gasteiger partial charge in [-0.05, 0) is 78.2 Å². The fraction of sp³-hybridized carbons (Fsp3) is 0.175. The van der Waals surface area contributed by atoms with Gasteiger partial charge in [0.1, 0.15) is 0 Å². The van der Waals surface area contributed by atoms with Crippen molar-refractivity contribution in [1.82, 2.24) is 4.98 Å². The minimum atomic E-state index is -0.432. The summed E-state index contributed by atoms with van der Waals surface area (Å²) in [7, 11) is -0.403. The molecule has 212 valence electrons. The number of nitrogens with zero attached hydrogens (tertiary/aromatic N) is 1. The van der Waals surface area contributed by atoms with Crippen LogP contribution in [0, 0.1) is 0 Å². The van der Waals surface area contributed by atoms with E-state index >= 15 is 0 Å². The molecule has 1 spiro atoms. The first-order chi connectivity index (χ1) is 21.3. The zero-order valence-corrected chi connectivity index (χ0v) is 25.4. The molecule has 2 aliphatic carbocycles. The largest absolute Gasteiger partial charge is 0.494 e. The standard InChI is InChI=1S/C40H32BNO2/c1-38(2)39(3,4)44-41(43-38)26-23-21-25(22-24-26)37-35-29-15-7-11-19-33(29)40(36(35)30-16-8-12-20-34(30)42-37)31-17-9-5-13-27(31)28-14-6-10-18-32(28)40/h5-24H,1-4H3. The molecule has 3 nitrogen and oxygen atoms in total. The van der Waals surface area contributed by atoms with Crippen LogP contribution in [0.1, 0.15) is 49.9 Å². The lowest BCUT2D eigenvalue weighted by Crippen LogP contribution is -2.41. The fourth-order valence-corrected chi connectivity index (χ4v) is 7.81. The molecule has 0 radical (unpaired) electrons. The van der Waals surface area contributed by atoms with E-state index in [1.807, 2.05) is 0 Å². The van der Waals surface area contributed by atoms with Gasteiger partial charge in [-0.15, -0.1) is 0 Å². The van der Waals surface area contributed by atoms with E-state index in [0.717, 1.165) is 22.2 Å². The minimum absolute atomic E-state index is 0.386. The topological polar surface area (TPSA) is 31.4 Å². The van der Waals surface area contributed by atoms with Gasteiger partial charge in [-0.2, -0.15) is 0 Å². The molecule has 0 unspecified atom stereocenters. The summed E-state index contributed by atoms with van der Waals surface area (Å²) >= 11 is 0. The maximum Gasteiger partial charge on any atom is 0.494 e. The molecule has 0 amide bonds. The molecule has 1 saturated heterocycles. The van der Waals surface area contributed by atoms with Crippen molar-refractivity contribution in [3.8, 4) is 33.5 Å². The van der Waals surface area contributed by atoms with E-state index in [-0.39, 0.29) is 11.2 Å². The van der Waals surface area contributed by atoms with Crippen molar-refractivity contribution in [3.63, 3.8) is 0 Å². The number of benzene rings is 5. The summed E-state index contributed by atoms with van der Waals surface area (Å²) in [6.07, 6.45) is 0. The monoisotopic (exact) mass is 569 g/mol. The average molecular weight is 570 g/mol. The second kappa shape index (κ2) is 8.78. The highest BCUT2D eigenvalue weighted by molar-refractivity contribution is 6.62. The molecule has 4 heteroatoms. The lowest BCUT2D eigenvalue weighted by Gasteiger charge is -2.32. The number of fused-ring (bicyclic) bond motifs is 12. The van der Waals surface area contributed by atoms with Crippen LogP contribution < -0.4 is 5.46 Å². The first-order valence-corrected chi connectivity index (χ1v) is 15.5. The quantitative estimate of drug-likeness (QED) is 0.196. The summed E-state index contributed by atoms with van der Waals surface area (Å²) in [5.41, 5.74) is 13.3. The Bertz CT molecular complexity index is 2080. The number of hydrogen-bond donors (Lipinski definition) is 0. The molecular weight excluding hydrogens is 537 g/mol. The van der Waals surface area contributed by atoms with Crippen LogP contribution in [0.15, 0.2) is 121 Å². The number of aromatic nitrogens is 1. The number of rotatable bonds is 2. The molecule has 44 heavy (non-hydrogen) atoms. The summed E-state index contributed by atoms with van der Waals surface area (Å²) in [5, 5.41) is 1.20. The van der Waals surface area contributed by atoms with Crippen LogP contribution in [0.2, 0.25) is 0 Å². The Morgan fingerprint density at radius 2 is 1.05 bits per heavy atom. The van der Waals surface area contributed by atoms with Crippen molar-refractivity contribution in [3.05, 3.63) is 144 Å². The van der Waals surface area contributed by atoms with Crippen molar-refractivity contribution >= 4 is 23.5 Å². The van der Waals surface area contributed by atoms with Crippen LogP contribution in [0.5, 0.6) is 0 Å². The van der Waals surface area contributed by atoms with E-state index in [1.165, 1.54) is 49.9 Å². The summed E-state index contributed by atoms with van der Waals surface area (Å²) in [4.78, 5) is 5.39. The number of hydrogen-bond acceptors (Lipinski definition) is 3. The van der Waals surface area contributed by atoms with Gasteiger partial charge < -0.3 is 9.31 Å². The highest BCUT2D eigenvalue weighted by atomic mass is 16.7. The lowest BCUT2D eigenvalue weighted by molar-refractivity contribution is 0.00578. The fourth-order valence-electron chi connectivity index (χ4n) is 7.81. The third kappa shape index (κ3) is 3.22. The molecule has 0 bridgehead atoms. The van der Waals surface area contributed by atoms with Crippen LogP contribution in [-0.4, -0.2) is 23.3 Å². The smallest absolute Gasteiger partial charge is 0.399 e. The van der Waals surface area contributed by atoms with Gasteiger partial charge in [0.05, 0.1) is 27.8 Å². The summed E-state index contributed by atoms with van der Waals surface area (Å²) in [6, 6.07) is 44.2. The molecule has 1 aliphatic heterocycles. The highest BCUT2D eigenvalue weighted by Crippen LogP contribution is 2.65. The van der Waals surface area contributed by atoms with E-state index in [1.54, 1.807) is 0 Å². The normalized spacial score (nSPS) is 17.9. The van der Waals surface area contributed by atoms with E-state index < -0.39 is 12.5 Å². The predicted molar refractivity (Wildman–Crippen MR) is 179 cm³/mol. The molecule has 2 heterocycles. The van der Waals surface area contributed by atoms with Crippen molar-refractivity contribution in [2.24, 2.45) is 0 Å². The summed E-state index contributed by atoms with van der Waals surface area (Å²) in [6.45, 7) is 8.37. The Kier molecular flexibility index (Phi) is 5.18. The molecule has 0 saturated carbocycles. The van der Waals surface area contributed by atoms with Gasteiger partial charge in [0.25, 0.3) is 0 Å². The second-order valence-electron chi connectivity index (χ2n) is 13.3. The Labute approximate surface area is 258 Å². The molecule has 6 aromatic rings. The highest BCUT2D eigenvalue weighted by Gasteiger charge is 2.54. The molecule has 1 aromatic heterocycles. The van der Waals surface area contributed by atoms with Crippen LogP contribution in [0.4, 0.5) is 0 Å². The molecule has 1 fully saturated rings. The van der Waals surface area contributed by atoms with Crippen molar-refractivity contribution < 1.29 is 9.31 Å². The van der Waals surface area contributed by atoms with Crippen molar-refractivity contribution in [2.75, 3.05) is 0 Å². The minimum Gasteiger partial charge on any atom is -0.399 e. The van der Waals surface area contributed by atoms with E-state index in [9.17, 15) is 0 Å². The van der Waals surface area contributed by atoms with Crippen LogP contribution in [-0.2, 0) is 14.7 Å². The van der Waals surface area contributed by atoms with Gasteiger partial charge in [0.15, 0.2) is 0 Å². The van der Waals surface area contributed by atoms with E-state index in [4.69, 9.17) is 14.3 Å². The first-order valence-electron chi connectivity index (χ1n) is 15.5. The molecule has 5 aromatic carbocycles. The van der Waals surface area contributed by atoms with Gasteiger partial charge in [-0.25, -0.2) is 4.98 Å². The Balaban J connectivity index is 1.33. The van der Waals surface area contributed by atoms with Gasteiger partial charge >= 0.3 is 7.12 Å². The average Bonchev–Trinajstić information content (AvgIpc) is 3.60. The van der Waals surface area contributed by atoms with E-state index in [2.05, 4.69) is 149 Å². The van der Waals surface area contributed by atoms with Crippen LogP contribution >= 0.6 is 0 Å². The zero-order valence-electron chi connectivity index (χ0n) is 25.4. The summed E-state index contributed by atoms with van der Waals surface area (Å²) in [5.74, 6) is 0. The van der Waals surface area contributed by atoms with Crippen LogP contribution in [0.25, 0.3) is 44.4 Å². The molecule has 3 aliphatic rings. The molecule has 0 N–H and O–H groups in total. The van der Waals surface area contributed by atoms with E-state index in [0.29, 0.717) is 0 Å². The first kappa shape index (κ1) is 25.9. The van der Waals surface area contributed by atoms with Gasteiger partial charge in [0.2, 0.25) is 0 Å². The van der Waals surface area contributed by atoms with Crippen LogP contribution in [0.3, 0.4) is 0 Å². The number of pyridine rings is 1. The third-order valence-electron chi connectivity index (χ3n) is 10.5. The second-order valence-corrected chi connectivity index (χ2v) is 13.3. The van der Waals surface area contributed by atoms with Gasteiger partial charge in [-0.1, -0.05) is 115 Å². The van der Waals surface area contributed by atoms with Crippen molar-refractivity contribution in [2.45, 2.75) is 44.3 Å². The molecule has 0 atom stereocenters. The SMILES string of the molecule is CC1(C)OB(c2ccc(-c3nc4ccccc4c4c3-c3ccccc3C43c4ccccc4-c4ccccc43)cc2)OC1(C)C. The zero-order chi connectivity index (χ0) is 29.8. The maximum atomic E-state index is 6.37. The maximum absolute atomic E-state index is 6.37. The van der Waals surface area contributed by atoms with Gasteiger partial charge in [0, 0.05) is 16.5 Å². The Hall–Kier alpha value is -4.51. The predicted octanol–water partition coefficient (Wildman–Crippen LogP) is 8.54. The van der Waals surface area contributed by atoms with Crippen molar-refractivity contribution in [1.29, 1.82) is 0 Å². The third-order valence-corrected chi connectivity index (χ3v) is 10.5. The Morgan fingerprint density at radius 3 is 1.66 bits per heavy atom. The lowest BCUT2D eigenvalue weighted by atomic mass is 9.69. The molecular formula is C40H32BNO2. The molecule has 9 rings (SSSR count). The Morgan fingerprint density at radius 1 is 0.545 bits per heavy atom. The number of para-hydroxylation sites is 1.